The van der Waals surface area contributed by atoms with Crippen LogP contribution in [0.15, 0.2) is 18.2 Å². The number of carbonyl (C=O) groups is 2. The number of carboxylic acid groups (broad SMARTS) is 1. The molecule has 1 fully saturated rings. The fourth-order valence-corrected chi connectivity index (χ4v) is 2.68. The largest absolute Gasteiger partial charge is 0.479 e. The van der Waals surface area contributed by atoms with Crippen LogP contribution in [0, 0.1) is 19.8 Å². The molecule has 0 aliphatic heterocycles. The van der Waals surface area contributed by atoms with Gasteiger partial charge in [-0.25, -0.2) is 4.79 Å². The van der Waals surface area contributed by atoms with Crippen molar-refractivity contribution >= 4 is 11.9 Å². The molecule has 4 nitrogen and oxygen atoms in total. The predicted octanol–water partition coefficient (Wildman–Crippen LogP) is 2.74. The van der Waals surface area contributed by atoms with E-state index in [4.69, 9.17) is 0 Å². The van der Waals surface area contributed by atoms with E-state index in [1.54, 1.807) is 6.07 Å². The van der Waals surface area contributed by atoms with Crippen LogP contribution in [-0.2, 0) is 9.59 Å². The molecule has 0 saturated heterocycles. The fraction of sp³-hybridized carbons (Fsp3) is 0.500. The first-order valence-electron chi connectivity index (χ1n) is 7.09. The van der Waals surface area contributed by atoms with Crippen LogP contribution in [0.5, 0.6) is 0 Å². The number of hydrogen-bond acceptors (Lipinski definition) is 2. The monoisotopic (exact) mass is 275 g/mol. The Hall–Kier alpha value is -1.84. The topological polar surface area (TPSA) is 66.4 Å². The van der Waals surface area contributed by atoms with Crippen LogP contribution in [-0.4, -0.2) is 17.0 Å². The summed E-state index contributed by atoms with van der Waals surface area (Å²) in [5.74, 6) is -1.17. The minimum absolute atomic E-state index is 0.0246. The SMILES string of the molecule is Cc1ccc(C(NC(=O)C2CCCC2)C(=O)O)cc1C. The van der Waals surface area contributed by atoms with Crippen LogP contribution in [0.1, 0.15) is 48.4 Å². The van der Waals surface area contributed by atoms with Gasteiger partial charge in [0, 0.05) is 5.92 Å². The maximum atomic E-state index is 12.1. The second-order valence-electron chi connectivity index (χ2n) is 5.60. The number of amides is 1. The van der Waals surface area contributed by atoms with Gasteiger partial charge in [-0.3, -0.25) is 4.79 Å². The molecule has 108 valence electrons. The minimum atomic E-state index is -1.01. The highest BCUT2D eigenvalue weighted by molar-refractivity contribution is 5.86. The Labute approximate surface area is 119 Å². The minimum Gasteiger partial charge on any atom is -0.479 e. The van der Waals surface area contributed by atoms with Crippen molar-refractivity contribution in [1.29, 1.82) is 0 Å². The number of nitrogens with one attached hydrogen (secondary N) is 1. The molecule has 2 N–H and O–H groups in total. The Morgan fingerprint density at radius 2 is 1.85 bits per heavy atom. The van der Waals surface area contributed by atoms with Crippen molar-refractivity contribution in [3.05, 3.63) is 34.9 Å². The predicted molar refractivity (Wildman–Crippen MR) is 76.4 cm³/mol. The molecular formula is C16H21NO3. The summed E-state index contributed by atoms with van der Waals surface area (Å²) < 4.78 is 0. The Kier molecular flexibility index (Phi) is 4.42. The number of benzene rings is 1. The first kappa shape index (κ1) is 14.6. The smallest absolute Gasteiger partial charge is 0.330 e. The van der Waals surface area contributed by atoms with E-state index >= 15 is 0 Å². The lowest BCUT2D eigenvalue weighted by atomic mass is 10.00. The lowest BCUT2D eigenvalue weighted by Crippen LogP contribution is -2.37. The Morgan fingerprint density at radius 1 is 1.20 bits per heavy atom. The van der Waals surface area contributed by atoms with E-state index in [0.717, 1.165) is 36.8 Å². The maximum absolute atomic E-state index is 12.1. The number of aryl methyl sites for hydroxylation is 2. The molecule has 0 spiro atoms. The van der Waals surface area contributed by atoms with Crippen LogP contribution >= 0.6 is 0 Å². The summed E-state index contributed by atoms with van der Waals surface area (Å²) in [6.07, 6.45) is 3.84. The van der Waals surface area contributed by atoms with Gasteiger partial charge >= 0.3 is 5.97 Å². The number of carbonyl (C=O) groups excluding carboxylic acids is 1. The Balaban J connectivity index is 2.16. The van der Waals surface area contributed by atoms with Gasteiger partial charge in [0.15, 0.2) is 6.04 Å². The zero-order valence-corrected chi connectivity index (χ0v) is 12.0. The van der Waals surface area contributed by atoms with Crippen molar-refractivity contribution in [2.75, 3.05) is 0 Å². The molecule has 1 atom stereocenters. The van der Waals surface area contributed by atoms with E-state index in [9.17, 15) is 14.7 Å². The quantitative estimate of drug-likeness (QED) is 0.888. The van der Waals surface area contributed by atoms with E-state index in [2.05, 4.69) is 5.32 Å². The average Bonchev–Trinajstić information content (AvgIpc) is 2.93. The lowest BCUT2D eigenvalue weighted by Gasteiger charge is -2.18. The van der Waals surface area contributed by atoms with Gasteiger partial charge in [-0.1, -0.05) is 31.0 Å². The molecule has 0 aromatic heterocycles. The maximum Gasteiger partial charge on any atom is 0.330 e. The normalized spacial score (nSPS) is 16.9. The number of hydrogen-bond donors (Lipinski definition) is 2. The third kappa shape index (κ3) is 3.18. The average molecular weight is 275 g/mol. The molecule has 4 heteroatoms. The van der Waals surface area contributed by atoms with Gasteiger partial charge in [-0.15, -0.1) is 0 Å². The van der Waals surface area contributed by atoms with Crippen molar-refractivity contribution in [3.63, 3.8) is 0 Å². The van der Waals surface area contributed by atoms with Gasteiger partial charge in [0.05, 0.1) is 0 Å². The third-order valence-corrected chi connectivity index (χ3v) is 4.12. The molecule has 1 aromatic carbocycles. The highest BCUT2D eigenvalue weighted by Gasteiger charge is 2.28. The van der Waals surface area contributed by atoms with E-state index in [1.165, 1.54) is 0 Å². The van der Waals surface area contributed by atoms with Crippen molar-refractivity contribution < 1.29 is 14.7 Å². The van der Waals surface area contributed by atoms with E-state index in [-0.39, 0.29) is 11.8 Å². The molecule has 1 aromatic rings. The zero-order valence-electron chi connectivity index (χ0n) is 12.0. The molecular weight excluding hydrogens is 254 g/mol. The van der Waals surface area contributed by atoms with E-state index in [0.29, 0.717) is 5.56 Å². The molecule has 0 radical (unpaired) electrons. The molecule has 20 heavy (non-hydrogen) atoms. The molecule has 1 saturated carbocycles. The molecule has 1 unspecified atom stereocenters. The van der Waals surface area contributed by atoms with Crippen LogP contribution in [0.4, 0.5) is 0 Å². The van der Waals surface area contributed by atoms with Crippen molar-refractivity contribution in [2.24, 2.45) is 5.92 Å². The molecule has 2 rings (SSSR count). The summed E-state index contributed by atoms with van der Waals surface area (Å²) in [6, 6.07) is 4.55. The highest BCUT2D eigenvalue weighted by Crippen LogP contribution is 2.26. The summed E-state index contributed by atoms with van der Waals surface area (Å²) in [5.41, 5.74) is 2.77. The van der Waals surface area contributed by atoms with Gasteiger partial charge in [-0.2, -0.15) is 0 Å². The number of aliphatic carboxylic acids is 1. The number of carboxylic acids is 1. The van der Waals surface area contributed by atoms with E-state index < -0.39 is 12.0 Å². The summed E-state index contributed by atoms with van der Waals surface area (Å²) in [7, 11) is 0. The molecule has 1 aliphatic carbocycles. The molecule has 0 heterocycles. The van der Waals surface area contributed by atoms with Gasteiger partial charge in [0.25, 0.3) is 0 Å². The van der Waals surface area contributed by atoms with Gasteiger partial charge in [0.2, 0.25) is 5.91 Å². The van der Waals surface area contributed by atoms with Crippen LogP contribution in [0.2, 0.25) is 0 Å². The summed E-state index contributed by atoms with van der Waals surface area (Å²) in [5, 5.41) is 12.0. The highest BCUT2D eigenvalue weighted by atomic mass is 16.4. The second-order valence-corrected chi connectivity index (χ2v) is 5.60. The summed E-state index contributed by atoms with van der Waals surface area (Å²) >= 11 is 0. The Morgan fingerprint density at radius 3 is 2.40 bits per heavy atom. The zero-order chi connectivity index (χ0) is 14.7. The van der Waals surface area contributed by atoms with Gasteiger partial charge in [-0.05, 0) is 43.4 Å². The summed E-state index contributed by atoms with van der Waals surface area (Å²) in [6.45, 7) is 3.92. The first-order valence-corrected chi connectivity index (χ1v) is 7.09. The molecule has 0 bridgehead atoms. The summed E-state index contributed by atoms with van der Waals surface area (Å²) in [4.78, 5) is 23.5. The van der Waals surface area contributed by atoms with Crippen LogP contribution in [0.25, 0.3) is 0 Å². The van der Waals surface area contributed by atoms with Gasteiger partial charge < -0.3 is 10.4 Å². The molecule has 1 aliphatic rings. The number of rotatable bonds is 4. The first-order chi connectivity index (χ1) is 9.49. The van der Waals surface area contributed by atoms with Crippen molar-refractivity contribution in [3.8, 4) is 0 Å². The standard InChI is InChI=1S/C16H21NO3/c1-10-7-8-13(9-11(10)2)14(16(19)20)17-15(18)12-5-3-4-6-12/h7-9,12,14H,3-6H2,1-2H3,(H,17,18)(H,19,20). The lowest BCUT2D eigenvalue weighted by molar-refractivity contribution is -0.142. The van der Waals surface area contributed by atoms with E-state index in [1.807, 2.05) is 26.0 Å². The third-order valence-electron chi connectivity index (χ3n) is 4.12. The second kappa shape index (κ2) is 6.07. The fourth-order valence-electron chi connectivity index (χ4n) is 2.68. The van der Waals surface area contributed by atoms with Crippen molar-refractivity contribution in [1.82, 2.24) is 5.32 Å². The molecule has 1 amide bonds. The Bertz CT molecular complexity index is 518. The van der Waals surface area contributed by atoms with Gasteiger partial charge in [0.1, 0.15) is 0 Å². The van der Waals surface area contributed by atoms with Crippen LogP contribution < -0.4 is 5.32 Å². The van der Waals surface area contributed by atoms with Crippen LogP contribution in [0.3, 0.4) is 0 Å². The van der Waals surface area contributed by atoms with Crippen molar-refractivity contribution in [2.45, 2.75) is 45.6 Å².